The molecule has 0 saturated heterocycles. The first-order chi connectivity index (χ1) is 13.9. The number of hydrogen-bond donors (Lipinski definition) is 1. The van der Waals surface area contributed by atoms with Gasteiger partial charge in [-0.25, -0.2) is 0 Å². The fraction of sp³-hybridized carbons (Fsp3) is 0.381. The van der Waals surface area contributed by atoms with Crippen molar-refractivity contribution in [3.05, 3.63) is 68.3 Å². The van der Waals surface area contributed by atoms with Crippen LogP contribution in [0.3, 0.4) is 0 Å². The molecule has 0 spiro atoms. The number of fused-ring (bicyclic) bond motifs is 1. The molecule has 8 heteroatoms. The van der Waals surface area contributed by atoms with Gasteiger partial charge in [0.05, 0.1) is 30.0 Å². The van der Waals surface area contributed by atoms with Crippen LogP contribution >= 0.6 is 23.2 Å². The highest BCUT2D eigenvalue weighted by molar-refractivity contribution is 6.35. The molecule has 2 aliphatic rings. The third-order valence-electron chi connectivity index (χ3n) is 5.63. The highest BCUT2D eigenvalue weighted by Gasteiger charge is 2.37. The maximum Gasteiger partial charge on any atom is 0.256 e. The Kier molecular flexibility index (Phi) is 5.51. The minimum Gasteiger partial charge on any atom is -0.327 e. The number of aromatic nitrogens is 3. The lowest BCUT2D eigenvalue weighted by molar-refractivity contribution is 0.0761. The van der Waals surface area contributed by atoms with Gasteiger partial charge in [0.15, 0.2) is 0 Å². The molecule has 1 unspecified atom stereocenters. The number of amides is 1. The van der Waals surface area contributed by atoms with Crippen LogP contribution in [0, 0.1) is 6.92 Å². The first kappa shape index (κ1) is 20.1. The zero-order chi connectivity index (χ0) is 20.7. The van der Waals surface area contributed by atoms with Crippen molar-refractivity contribution in [1.29, 1.82) is 0 Å². The lowest BCUT2D eigenvalue weighted by atomic mass is 9.84. The molecule has 152 valence electrons. The number of allylic oxidation sites excluding steroid dienone is 4. The number of hydrogen-bond acceptors (Lipinski definition) is 4. The molecule has 0 aromatic carbocycles. The quantitative estimate of drug-likeness (QED) is 0.776. The summed E-state index contributed by atoms with van der Waals surface area (Å²) in [6, 6.07) is 1.94. The van der Waals surface area contributed by atoms with E-state index in [1.807, 2.05) is 35.6 Å². The summed E-state index contributed by atoms with van der Waals surface area (Å²) in [6.45, 7) is 5.98. The molecule has 1 aliphatic carbocycles. The molecule has 1 atom stereocenters. The average Bonchev–Trinajstić information content (AvgIpc) is 3.25. The number of halogens is 2. The van der Waals surface area contributed by atoms with Crippen LogP contribution in [0.15, 0.2) is 34.5 Å². The Hall–Kier alpha value is -2.15. The summed E-state index contributed by atoms with van der Waals surface area (Å²) in [5.74, 6) is -0.176. The maximum absolute atomic E-state index is 13.4. The predicted molar refractivity (Wildman–Crippen MR) is 114 cm³/mol. The van der Waals surface area contributed by atoms with Crippen molar-refractivity contribution in [3.8, 4) is 0 Å². The van der Waals surface area contributed by atoms with Crippen molar-refractivity contribution in [1.82, 2.24) is 19.7 Å². The second-order valence-corrected chi connectivity index (χ2v) is 8.19. The lowest BCUT2D eigenvalue weighted by Crippen LogP contribution is -2.26. The zero-order valence-corrected chi connectivity index (χ0v) is 18.0. The monoisotopic (exact) mass is 431 g/mol. The molecule has 2 N–H and O–H groups in total. The lowest BCUT2D eigenvalue weighted by Gasteiger charge is -2.24. The second-order valence-electron chi connectivity index (χ2n) is 7.32. The van der Waals surface area contributed by atoms with Crippen LogP contribution in [0.2, 0.25) is 0 Å². The summed E-state index contributed by atoms with van der Waals surface area (Å²) in [6.07, 6.45) is 6.07. The van der Waals surface area contributed by atoms with Crippen molar-refractivity contribution in [2.45, 2.75) is 52.4 Å². The molecule has 1 aliphatic heterocycles. The van der Waals surface area contributed by atoms with Crippen LogP contribution < -0.4 is 5.73 Å². The molecule has 0 bridgehead atoms. The highest BCUT2D eigenvalue weighted by Crippen LogP contribution is 2.42. The van der Waals surface area contributed by atoms with Crippen molar-refractivity contribution in [3.63, 3.8) is 0 Å². The fourth-order valence-corrected chi connectivity index (χ4v) is 4.80. The first-order valence-corrected chi connectivity index (χ1v) is 10.4. The van der Waals surface area contributed by atoms with E-state index < -0.39 is 0 Å². The summed E-state index contributed by atoms with van der Waals surface area (Å²) < 4.78 is 1.90. The van der Waals surface area contributed by atoms with Gasteiger partial charge in [-0.3, -0.25) is 14.5 Å². The van der Waals surface area contributed by atoms with Gasteiger partial charge in [-0.15, -0.1) is 0 Å². The van der Waals surface area contributed by atoms with Crippen molar-refractivity contribution >= 4 is 29.1 Å². The Bertz CT molecular complexity index is 1040. The minimum atomic E-state index is -0.141. The molecule has 0 saturated carbocycles. The molecule has 29 heavy (non-hydrogen) atoms. The van der Waals surface area contributed by atoms with Crippen LogP contribution in [-0.2, 0) is 26.2 Å². The van der Waals surface area contributed by atoms with E-state index in [-0.39, 0.29) is 11.8 Å². The molecule has 4 rings (SSSR count). The van der Waals surface area contributed by atoms with Crippen LogP contribution in [0.1, 0.15) is 57.8 Å². The number of carbonyl (C=O) groups is 1. The summed E-state index contributed by atoms with van der Waals surface area (Å²) in [5.41, 5.74) is 11.1. The molecule has 1 amide bonds. The number of carbonyl (C=O) groups excluding carboxylic acids is 1. The molecular weight excluding hydrogens is 409 g/mol. The number of rotatable bonds is 5. The fourth-order valence-electron chi connectivity index (χ4n) is 4.23. The van der Waals surface area contributed by atoms with Gasteiger partial charge in [-0.2, -0.15) is 5.10 Å². The van der Waals surface area contributed by atoms with E-state index in [0.717, 1.165) is 34.8 Å². The van der Waals surface area contributed by atoms with Crippen molar-refractivity contribution in [2.75, 3.05) is 0 Å². The topological polar surface area (TPSA) is 77.0 Å². The van der Waals surface area contributed by atoms with Crippen molar-refractivity contribution < 1.29 is 4.79 Å². The average molecular weight is 432 g/mol. The molecular formula is C21H23Cl2N5O. The number of pyridine rings is 1. The largest absolute Gasteiger partial charge is 0.327 e. The normalized spacial score (nSPS) is 18.7. The molecule has 3 heterocycles. The molecule has 2 aromatic rings. The van der Waals surface area contributed by atoms with E-state index in [2.05, 4.69) is 5.10 Å². The third-order valence-corrected chi connectivity index (χ3v) is 6.27. The highest BCUT2D eigenvalue weighted by atomic mass is 35.5. The maximum atomic E-state index is 13.4. The van der Waals surface area contributed by atoms with Gasteiger partial charge in [-0.05, 0) is 43.5 Å². The summed E-state index contributed by atoms with van der Waals surface area (Å²) in [4.78, 5) is 20.0. The smallest absolute Gasteiger partial charge is 0.256 e. The predicted octanol–water partition coefficient (Wildman–Crippen LogP) is 3.95. The van der Waals surface area contributed by atoms with Gasteiger partial charge in [0.1, 0.15) is 0 Å². The van der Waals surface area contributed by atoms with E-state index >= 15 is 0 Å². The van der Waals surface area contributed by atoms with Gasteiger partial charge in [0, 0.05) is 41.0 Å². The van der Waals surface area contributed by atoms with Gasteiger partial charge < -0.3 is 10.6 Å². The van der Waals surface area contributed by atoms with E-state index in [4.69, 9.17) is 33.9 Å². The summed E-state index contributed by atoms with van der Waals surface area (Å²) in [5, 5.41) is 5.54. The van der Waals surface area contributed by atoms with Gasteiger partial charge in [0.25, 0.3) is 5.91 Å². The Morgan fingerprint density at radius 3 is 2.83 bits per heavy atom. The van der Waals surface area contributed by atoms with Crippen LogP contribution in [0.25, 0.3) is 0 Å². The van der Waals surface area contributed by atoms with Gasteiger partial charge >= 0.3 is 0 Å². The second kappa shape index (κ2) is 7.94. The summed E-state index contributed by atoms with van der Waals surface area (Å²) >= 11 is 12.7. The molecule has 0 fully saturated rings. The third kappa shape index (κ3) is 3.50. The van der Waals surface area contributed by atoms with E-state index in [9.17, 15) is 4.79 Å². The van der Waals surface area contributed by atoms with Gasteiger partial charge in [0.2, 0.25) is 0 Å². The molecule has 0 radical (unpaired) electrons. The Balaban J connectivity index is 1.77. The van der Waals surface area contributed by atoms with E-state index in [0.29, 0.717) is 41.7 Å². The summed E-state index contributed by atoms with van der Waals surface area (Å²) in [7, 11) is 0. The Morgan fingerprint density at radius 2 is 2.14 bits per heavy atom. The Morgan fingerprint density at radius 1 is 1.34 bits per heavy atom. The van der Waals surface area contributed by atoms with E-state index in [1.165, 1.54) is 0 Å². The first-order valence-electron chi connectivity index (χ1n) is 9.69. The van der Waals surface area contributed by atoms with Crippen LogP contribution in [0.5, 0.6) is 0 Å². The number of nitrogens with zero attached hydrogens (tertiary/aromatic N) is 4. The minimum absolute atomic E-state index is 0.0360. The standard InChI is InChI=1S/C21H23Cl2N5O/c1-3-28-14(6-7-25-28)10-27-11-18-20(21(27)29)19(16(9-24)12(2)26-18)15-5-4-13(22)8-17(15)23/h4,6-8,15H,3,5,9-11,24H2,1-2H3. The van der Waals surface area contributed by atoms with E-state index in [1.54, 1.807) is 12.3 Å². The number of nitrogens with two attached hydrogens (primary N) is 1. The van der Waals surface area contributed by atoms with Crippen LogP contribution in [0.4, 0.5) is 0 Å². The van der Waals surface area contributed by atoms with Crippen molar-refractivity contribution in [2.24, 2.45) is 5.73 Å². The molecule has 2 aromatic heterocycles. The Labute approximate surface area is 180 Å². The van der Waals surface area contributed by atoms with Crippen LogP contribution in [-0.4, -0.2) is 25.6 Å². The molecule has 6 nitrogen and oxygen atoms in total. The van der Waals surface area contributed by atoms with Gasteiger partial charge in [-0.1, -0.05) is 29.3 Å². The number of aryl methyl sites for hydroxylation is 2. The zero-order valence-electron chi connectivity index (χ0n) is 16.5. The SMILES string of the molecule is CCn1nccc1CN1Cc2nc(C)c(CN)c(C3CC=C(Cl)C=C3Cl)c2C1=O.